The summed E-state index contributed by atoms with van der Waals surface area (Å²) in [6.45, 7) is 0. The van der Waals surface area contributed by atoms with Crippen molar-refractivity contribution in [2.75, 3.05) is 5.73 Å². The monoisotopic (exact) mass is 365 g/mol. The van der Waals surface area contributed by atoms with Crippen LogP contribution in [0.3, 0.4) is 0 Å². The number of halogens is 1. The van der Waals surface area contributed by atoms with Gasteiger partial charge < -0.3 is 29.7 Å². The lowest BCUT2D eigenvalue weighted by Crippen LogP contribution is -3.00. The zero-order valence-corrected chi connectivity index (χ0v) is 13.1. The molecular weight excluding hydrogens is 349 g/mol. The Morgan fingerprint density at radius 2 is 1.79 bits per heavy atom. The van der Waals surface area contributed by atoms with Crippen molar-refractivity contribution in [2.24, 2.45) is 14.1 Å². The summed E-state index contributed by atoms with van der Waals surface area (Å²) >= 11 is 0. The van der Waals surface area contributed by atoms with Crippen molar-refractivity contribution in [1.82, 2.24) is 4.57 Å². The number of aromatic nitrogens is 2. The van der Waals surface area contributed by atoms with E-state index in [1.54, 1.807) is 0 Å². The van der Waals surface area contributed by atoms with E-state index in [9.17, 15) is 0 Å². The van der Waals surface area contributed by atoms with Gasteiger partial charge in [-0.15, -0.1) is 0 Å². The lowest BCUT2D eigenvalue weighted by Gasteiger charge is -2.00. The average molecular weight is 365 g/mol. The molecule has 98 valence electrons. The highest BCUT2D eigenvalue weighted by molar-refractivity contribution is 5.76. The normalized spacial score (nSPS) is 10.4. The van der Waals surface area contributed by atoms with Crippen LogP contribution in [0.4, 0.5) is 5.69 Å². The fourth-order valence-corrected chi connectivity index (χ4v) is 2.55. The van der Waals surface area contributed by atoms with E-state index in [0.29, 0.717) is 0 Å². The van der Waals surface area contributed by atoms with Crippen LogP contribution in [-0.2, 0) is 14.1 Å². The van der Waals surface area contributed by atoms with Gasteiger partial charge in [-0.2, -0.15) is 0 Å². The van der Waals surface area contributed by atoms with E-state index in [2.05, 4.69) is 53.6 Å². The van der Waals surface area contributed by atoms with Gasteiger partial charge >= 0.3 is 0 Å². The van der Waals surface area contributed by atoms with Gasteiger partial charge in [-0.25, -0.2) is 9.13 Å². The minimum atomic E-state index is 0. The number of hydrogen-bond acceptors (Lipinski definition) is 1. The first-order valence-corrected chi connectivity index (χ1v) is 5.98. The summed E-state index contributed by atoms with van der Waals surface area (Å²) < 4.78 is 4.40. The first kappa shape index (κ1) is 13.9. The molecule has 0 amide bonds. The molecule has 0 bridgehead atoms. The van der Waals surface area contributed by atoms with Crippen LogP contribution in [0.5, 0.6) is 0 Å². The van der Waals surface area contributed by atoms with E-state index in [4.69, 9.17) is 5.73 Å². The summed E-state index contributed by atoms with van der Waals surface area (Å²) in [6, 6.07) is 16.4. The molecule has 0 saturated heterocycles. The lowest BCUT2D eigenvalue weighted by atomic mass is 10.2. The van der Waals surface area contributed by atoms with Crippen LogP contribution in [-0.4, -0.2) is 4.57 Å². The van der Waals surface area contributed by atoms with Gasteiger partial charge in [0.2, 0.25) is 0 Å². The SMILES string of the molecule is Cn1c(-c2cccc(N)c2)[n+](C)c2ccccc21.[I-]. The Bertz CT molecular complexity index is 692. The molecule has 0 fully saturated rings. The smallest absolute Gasteiger partial charge is 0.289 e. The van der Waals surface area contributed by atoms with E-state index < -0.39 is 0 Å². The number of nitrogens with zero attached hydrogens (tertiary/aromatic N) is 2. The van der Waals surface area contributed by atoms with E-state index in [-0.39, 0.29) is 24.0 Å². The number of benzene rings is 2. The van der Waals surface area contributed by atoms with Crippen molar-refractivity contribution in [3.05, 3.63) is 48.5 Å². The standard InChI is InChI=1S/C15H16N3.HI/c1-17-13-8-3-4-9-14(13)18(2)15(17)11-6-5-7-12(16)10-11;/h3-10H,16H2,1-2H3;1H/q+1;/p-1. The number of rotatable bonds is 1. The molecule has 2 N–H and O–H groups in total. The molecule has 3 nitrogen and oxygen atoms in total. The molecule has 0 unspecified atom stereocenters. The first-order chi connectivity index (χ1) is 8.68. The molecular formula is C15H16IN3. The second-order valence-electron chi connectivity index (χ2n) is 4.56. The molecule has 4 heteroatoms. The zero-order chi connectivity index (χ0) is 12.7. The van der Waals surface area contributed by atoms with E-state index in [1.165, 1.54) is 11.0 Å². The quantitative estimate of drug-likeness (QED) is 0.344. The van der Waals surface area contributed by atoms with Crippen LogP contribution in [0.25, 0.3) is 22.4 Å². The highest BCUT2D eigenvalue weighted by atomic mass is 127. The second-order valence-corrected chi connectivity index (χ2v) is 4.56. The fourth-order valence-electron chi connectivity index (χ4n) is 2.55. The van der Waals surface area contributed by atoms with E-state index in [1.807, 2.05) is 18.2 Å². The van der Waals surface area contributed by atoms with Crippen molar-refractivity contribution >= 4 is 16.7 Å². The molecule has 0 aliphatic rings. The maximum atomic E-state index is 5.87. The average Bonchev–Trinajstić information content (AvgIpc) is 2.63. The molecule has 19 heavy (non-hydrogen) atoms. The van der Waals surface area contributed by atoms with Crippen molar-refractivity contribution in [1.29, 1.82) is 0 Å². The van der Waals surface area contributed by atoms with E-state index >= 15 is 0 Å². The predicted octanol–water partition coefficient (Wildman–Crippen LogP) is -0.744. The highest BCUT2D eigenvalue weighted by Gasteiger charge is 2.20. The Labute approximate surface area is 129 Å². The number of nitrogens with two attached hydrogens (primary N) is 1. The lowest BCUT2D eigenvalue weighted by molar-refractivity contribution is -0.634. The summed E-state index contributed by atoms with van der Waals surface area (Å²) in [5, 5.41) is 0. The maximum absolute atomic E-state index is 5.87. The van der Waals surface area contributed by atoms with Gasteiger partial charge in [0.25, 0.3) is 5.82 Å². The number of hydrogen-bond donors (Lipinski definition) is 1. The van der Waals surface area contributed by atoms with Crippen LogP contribution in [0.15, 0.2) is 48.5 Å². The number of anilines is 1. The van der Waals surface area contributed by atoms with Crippen molar-refractivity contribution in [2.45, 2.75) is 0 Å². The Morgan fingerprint density at radius 1 is 1.05 bits per heavy atom. The van der Waals surface area contributed by atoms with Gasteiger partial charge in [-0.05, 0) is 30.3 Å². The maximum Gasteiger partial charge on any atom is 0.289 e. The molecule has 1 aromatic heterocycles. The Balaban J connectivity index is 0.00000133. The topological polar surface area (TPSA) is 34.8 Å². The van der Waals surface area contributed by atoms with Gasteiger partial charge in [0.15, 0.2) is 11.0 Å². The predicted molar refractivity (Wildman–Crippen MR) is 73.9 cm³/mol. The van der Waals surface area contributed by atoms with Gasteiger partial charge in [0.05, 0.1) is 19.7 Å². The second kappa shape index (κ2) is 5.21. The van der Waals surface area contributed by atoms with Gasteiger partial charge in [-0.3, -0.25) is 0 Å². The third kappa shape index (κ3) is 2.20. The van der Waals surface area contributed by atoms with Crippen molar-refractivity contribution in [3.63, 3.8) is 0 Å². The summed E-state index contributed by atoms with van der Waals surface area (Å²) in [7, 11) is 4.17. The van der Waals surface area contributed by atoms with Crippen LogP contribution < -0.4 is 34.3 Å². The number of fused-ring (bicyclic) bond motifs is 1. The molecule has 0 aliphatic heterocycles. The Morgan fingerprint density at radius 3 is 2.47 bits per heavy atom. The summed E-state index contributed by atoms with van der Waals surface area (Å²) in [5.74, 6) is 1.16. The van der Waals surface area contributed by atoms with E-state index in [0.717, 1.165) is 17.1 Å². The van der Waals surface area contributed by atoms with Crippen LogP contribution in [0, 0.1) is 0 Å². The number of imidazole rings is 1. The molecule has 0 radical (unpaired) electrons. The molecule has 3 aromatic rings. The summed E-state index contributed by atoms with van der Waals surface area (Å²) in [6.07, 6.45) is 0. The number of para-hydroxylation sites is 2. The van der Waals surface area contributed by atoms with Crippen molar-refractivity contribution < 1.29 is 28.5 Å². The minimum absolute atomic E-state index is 0. The number of nitrogen functional groups attached to an aromatic ring is 1. The Hall–Kier alpha value is -1.56. The zero-order valence-electron chi connectivity index (χ0n) is 11.0. The molecule has 0 atom stereocenters. The van der Waals surface area contributed by atoms with Crippen LogP contribution in [0.1, 0.15) is 0 Å². The molecule has 2 aromatic carbocycles. The third-order valence-corrected chi connectivity index (χ3v) is 3.38. The third-order valence-electron chi connectivity index (χ3n) is 3.38. The fraction of sp³-hybridized carbons (Fsp3) is 0.133. The molecule has 1 heterocycles. The van der Waals surface area contributed by atoms with Gasteiger partial charge in [0, 0.05) is 5.69 Å². The Kier molecular flexibility index (Phi) is 3.80. The molecule has 3 rings (SSSR count). The number of aryl methyl sites for hydroxylation is 2. The van der Waals surface area contributed by atoms with Crippen molar-refractivity contribution in [3.8, 4) is 11.4 Å². The molecule has 0 aliphatic carbocycles. The molecule has 0 saturated carbocycles. The molecule has 0 spiro atoms. The minimum Gasteiger partial charge on any atom is -1.00 e. The van der Waals surface area contributed by atoms with Gasteiger partial charge in [0.1, 0.15) is 0 Å². The van der Waals surface area contributed by atoms with Gasteiger partial charge in [-0.1, -0.05) is 18.2 Å². The first-order valence-electron chi connectivity index (χ1n) is 5.98. The summed E-state index contributed by atoms with van der Waals surface area (Å²) in [5.41, 5.74) is 10.2. The van der Waals surface area contributed by atoms with Crippen LogP contribution >= 0.6 is 0 Å². The largest absolute Gasteiger partial charge is 1.00 e. The summed E-state index contributed by atoms with van der Waals surface area (Å²) in [4.78, 5) is 0. The van der Waals surface area contributed by atoms with Crippen LogP contribution in [0.2, 0.25) is 0 Å². The highest BCUT2D eigenvalue weighted by Crippen LogP contribution is 2.22.